The van der Waals surface area contributed by atoms with Crippen LogP contribution in [0.15, 0.2) is 12.6 Å². The Morgan fingerprint density at radius 1 is 1.38 bits per heavy atom. The zero-order valence-electron chi connectivity index (χ0n) is 8.89. The molecule has 0 bridgehead atoms. The van der Waals surface area contributed by atoms with E-state index in [1.807, 2.05) is 6.92 Å². The normalized spacial score (nSPS) is 10.5. The van der Waals surface area contributed by atoms with Gasteiger partial charge in [0.15, 0.2) is 0 Å². The van der Waals surface area contributed by atoms with E-state index in [1.54, 1.807) is 6.08 Å². The van der Waals surface area contributed by atoms with Crippen molar-refractivity contribution >= 4 is 6.08 Å². The Balaban J connectivity index is 3.32. The van der Waals surface area contributed by atoms with Crippen LogP contribution >= 0.6 is 0 Å². The fourth-order valence-corrected chi connectivity index (χ4v) is 1.49. The Morgan fingerprint density at radius 3 is 2.46 bits per heavy atom. The molecule has 0 amide bonds. The van der Waals surface area contributed by atoms with E-state index >= 15 is 0 Å². The molecule has 1 aromatic rings. The molecule has 13 heavy (non-hydrogen) atoms. The molecule has 1 heterocycles. The van der Waals surface area contributed by atoms with E-state index in [2.05, 4.69) is 38.4 Å². The molecule has 0 aliphatic carbocycles. The van der Waals surface area contributed by atoms with Crippen LogP contribution in [0.1, 0.15) is 42.3 Å². The highest BCUT2D eigenvalue weighted by molar-refractivity contribution is 5.46. The van der Waals surface area contributed by atoms with Crippen molar-refractivity contribution in [3.05, 3.63) is 35.2 Å². The van der Waals surface area contributed by atoms with Crippen LogP contribution in [0.2, 0.25) is 0 Å². The maximum atomic E-state index is 4.42. The summed E-state index contributed by atoms with van der Waals surface area (Å²) in [5.41, 5.74) is 4.77. The first-order valence-corrected chi connectivity index (χ1v) is 4.66. The topological polar surface area (TPSA) is 12.9 Å². The second kappa shape index (κ2) is 3.73. The van der Waals surface area contributed by atoms with Gasteiger partial charge < -0.3 is 0 Å². The van der Waals surface area contributed by atoms with Gasteiger partial charge in [0.25, 0.3) is 0 Å². The van der Waals surface area contributed by atoms with Gasteiger partial charge in [-0.25, -0.2) is 0 Å². The van der Waals surface area contributed by atoms with Gasteiger partial charge in [0, 0.05) is 5.69 Å². The minimum atomic E-state index is 0.556. The number of aromatic nitrogens is 1. The maximum absolute atomic E-state index is 4.42. The lowest BCUT2D eigenvalue weighted by atomic mass is 9.97. The summed E-state index contributed by atoms with van der Waals surface area (Å²) in [5.74, 6) is 0.556. The molecule has 0 spiro atoms. The number of hydrogen-bond acceptors (Lipinski definition) is 1. The third-order valence-corrected chi connectivity index (χ3v) is 2.41. The van der Waals surface area contributed by atoms with E-state index in [4.69, 9.17) is 0 Å². The van der Waals surface area contributed by atoms with Gasteiger partial charge in [0.05, 0.1) is 5.69 Å². The van der Waals surface area contributed by atoms with Gasteiger partial charge in [-0.15, -0.1) is 0 Å². The zero-order chi connectivity index (χ0) is 10.0. The summed E-state index contributed by atoms with van der Waals surface area (Å²) in [6.45, 7) is 12.3. The molecule has 0 aliphatic heterocycles. The fourth-order valence-electron chi connectivity index (χ4n) is 1.49. The molecule has 1 heteroatoms. The monoisotopic (exact) mass is 175 g/mol. The molecule has 0 saturated heterocycles. The first-order valence-electron chi connectivity index (χ1n) is 4.66. The lowest BCUT2D eigenvalue weighted by Gasteiger charge is -2.12. The van der Waals surface area contributed by atoms with E-state index in [9.17, 15) is 0 Å². The summed E-state index contributed by atoms with van der Waals surface area (Å²) >= 11 is 0. The van der Waals surface area contributed by atoms with Crippen molar-refractivity contribution in [2.24, 2.45) is 0 Å². The average Bonchev–Trinajstić information content (AvgIpc) is 2.09. The van der Waals surface area contributed by atoms with Crippen LogP contribution in [0, 0.1) is 13.8 Å². The van der Waals surface area contributed by atoms with Crippen molar-refractivity contribution in [1.29, 1.82) is 0 Å². The average molecular weight is 175 g/mol. The van der Waals surface area contributed by atoms with Crippen LogP contribution in [0.4, 0.5) is 0 Å². The lowest BCUT2D eigenvalue weighted by Crippen LogP contribution is -1.99. The Bertz CT molecular complexity index is 324. The highest BCUT2D eigenvalue weighted by Gasteiger charge is 2.07. The molecular weight excluding hydrogens is 158 g/mol. The fraction of sp³-hybridized carbons (Fsp3) is 0.417. The molecule has 0 radical (unpaired) electrons. The minimum Gasteiger partial charge on any atom is -0.253 e. The van der Waals surface area contributed by atoms with E-state index in [0.29, 0.717) is 5.92 Å². The third-order valence-electron chi connectivity index (χ3n) is 2.41. The predicted molar refractivity (Wildman–Crippen MR) is 57.9 cm³/mol. The highest BCUT2D eigenvalue weighted by Crippen LogP contribution is 2.21. The standard InChI is InChI=1S/C12H17N/c1-6-11-7-12(8(2)3)9(4)10(5)13-11/h6-8H,1H2,2-5H3. The van der Waals surface area contributed by atoms with Gasteiger partial charge in [0.1, 0.15) is 0 Å². The summed E-state index contributed by atoms with van der Waals surface area (Å²) in [5, 5.41) is 0. The predicted octanol–water partition coefficient (Wildman–Crippen LogP) is 3.46. The zero-order valence-corrected chi connectivity index (χ0v) is 8.89. The molecule has 0 N–H and O–H groups in total. The molecule has 0 unspecified atom stereocenters. The molecule has 1 aromatic heterocycles. The SMILES string of the molecule is C=Cc1cc(C(C)C)c(C)c(C)n1. The number of hydrogen-bond donors (Lipinski definition) is 0. The van der Waals surface area contributed by atoms with Crippen LogP contribution < -0.4 is 0 Å². The molecule has 0 aliphatic rings. The number of nitrogens with zero attached hydrogens (tertiary/aromatic N) is 1. The largest absolute Gasteiger partial charge is 0.253 e. The molecule has 0 fully saturated rings. The van der Waals surface area contributed by atoms with Gasteiger partial charge in [-0.1, -0.05) is 20.4 Å². The molecule has 70 valence electrons. The number of pyridine rings is 1. The first kappa shape index (κ1) is 9.97. The molecule has 1 rings (SSSR count). The summed E-state index contributed by atoms with van der Waals surface area (Å²) in [6, 6.07) is 2.12. The van der Waals surface area contributed by atoms with Gasteiger partial charge in [-0.05, 0) is 43.0 Å². The molecule has 0 atom stereocenters. The number of rotatable bonds is 2. The maximum Gasteiger partial charge on any atom is 0.0630 e. The van der Waals surface area contributed by atoms with Crippen molar-refractivity contribution in [3.8, 4) is 0 Å². The van der Waals surface area contributed by atoms with Gasteiger partial charge in [-0.2, -0.15) is 0 Å². The van der Waals surface area contributed by atoms with Crippen molar-refractivity contribution in [2.45, 2.75) is 33.6 Å². The molecular formula is C12H17N. The van der Waals surface area contributed by atoms with Gasteiger partial charge >= 0.3 is 0 Å². The third kappa shape index (κ3) is 1.97. The summed E-state index contributed by atoms with van der Waals surface area (Å²) < 4.78 is 0. The summed E-state index contributed by atoms with van der Waals surface area (Å²) in [4.78, 5) is 4.42. The Labute approximate surface area is 80.5 Å². The Morgan fingerprint density at radius 2 is 2.00 bits per heavy atom. The summed E-state index contributed by atoms with van der Waals surface area (Å²) in [6.07, 6.45) is 1.80. The Hall–Kier alpha value is -1.11. The van der Waals surface area contributed by atoms with Crippen LogP contribution in [0.5, 0.6) is 0 Å². The Kier molecular flexibility index (Phi) is 2.86. The van der Waals surface area contributed by atoms with Crippen LogP contribution in [-0.4, -0.2) is 4.98 Å². The van der Waals surface area contributed by atoms with Crippen molar-refractivity contribution in [3.63, 3.8) is 0 Å². The van der Waals surface area contributed by atoms with Crippen LogP contribution in [0.25, 0.3) is 6.08 Å². The van der Waals surface area contributed by atoms with E-state index < -0.39 is 0 Å². The number of aryl methyl sites for hydroxylation is 1. The highest BCUT2D eigenvalue weighted by atomic mass is 14.7. The van der Waals surface area contributed by atoms with E-state index in [0.717, 1.165) is 11.4 Å². The summed E-state index contributed by atoms with van der Waals surface area (Å²) in [7, 11) is 0. The van der Waals surface area contributed by atoms with Crippen molar-refractivity contribution in [2.75, 3.05) is 0 Å². The van der Waals surface area contributed by atoms with Gasteiger partial charge in [0.2, 0.25) is 0 Å². The van der Waals surface area contributed by atoms with Crippen LogP contribution in [0.3, 0.4) is 0 Å². The van der Waals surface area contributed by atoms with Crippen molar-refractivity contribution < 1.29 is 0 Å². The first-order chi connectivity index (χ1) is 6.06. The quantitative estimate of drug-likeness (QED) is 0.670. The molecule has 0 saturated carbocycles. The minimum absolute atomic E-state index is 0.556. The van der Waals surface area contributed by atoms with Crippen molar-refractivity contribution in [1.82, 2.24) is 4.98 Å². The van der Waals surface area contributed by atoms with E-state index in [1.165, 1.54) is 11.1 Å². The van der Waals surface area contributed by atoms with Gasteiger partial charge in [-0.3, -0.25) is 4.98 Å². The van der Waals surface area contributed by atoms with E-state index in [-0.39, 0.29) is 0 Å². The van der Waals surface area contributed by atoms with Crippen LogP contribution in [-0.2, 0) is 0 Å². The molecule has 1 nitrogen and oxygen atoms in total. The molecule has 0 aromatic carbocycles. The smallest absolute Gasteiger partial charge is 0.0630 e. The lowest BCUT2D eigenvalue weighted by molar-refractivity contribution is 0.845. The second-order valence-electron chi connectivity index (χ2n) is 3.71. The second-order valence-corrected chi connectivity index (χ2v) is 3.71.